The van der Waals surface area contributed by atoms with Gasteiger partial charge in [0.2, 0.25) is 5.91 Å². The molecule has 8 heteroatoms. The number of nitrogens with two attached hydrogens (primary N) is 1. The van der Waals surface area contributed by atoms with Gasteiger partial charge in [-0.25, -0.2) is 4.98 Å². The number of amides is 1. The van der Waals surface area contributed by atoms with Gasteiger partial charge in [-0.1, -0.05) is 11.3 Å². The van der Waals surface area contributed by atoms with Gasteiger partial charge in [-0.15, -0.1) is 0 Å². The van der Waals surface area contributed by atoms with Crippen LogP contribution in [0.5, 0.6) is 10.9 Å². The number of benzene rings is 1. The van der Waals surface area contributed by atoms with Gasteiger partial charge in [-0.05, 0) is 62.3 Å². The summed E-state index contributed by atoms with van der Waals surface area (Å²) in [5.41, 5.74) is 6.93. The Morgan fingerprint density at radius 2 is 2.14 bits per heavy atom. The minimum Gasteiger partial charge on any atom is -0.460 e. The van der Waals surface area contributed by atoms with Gasteiger partial charge in [0.05, 0.1) is 11.2 Å². The van der Waals surface area contributed by atoms with Crippen LogP contribution in [0.25, 0.3) is 21.3 Å². The normalized spacial score (nSPS) is 15.9. The van der Waals surface area contributed by atoms with Crippen LogP contribution in [0.4, 0.5) is 0 Å². The number of ether oxygens (including phenoxy) is 1. The first-order chi connectivity index (χ1) is 14.1. The number of furan rings is 1. The van der Waals surface area contributed by atoms with Crippen LogP contribution in [0, 0.1) is 5.92 Å². The Balaban J connectivity index is 1.29. The molecular formula is C21H20N4O3S. The Hall–Kier alpha value is -2.97. The quantitative estimate of drug-likeness (QED) is 0.538. The lowest BCUT2D eigenvalue weighted by Crippen LogP contribution is -2.38. The Morgan fingerprint density at radius 3 is 2.93 bits per heavy atom. The Morgan fingerprint density at radius 1 is 1.28 bits per heavy atom. The molecule has 1 aliphatic heterocycles. The van der Waals surface area contributed by atoms with Crippen molar-refractivity contribution >= 4 is 38.6 Å². The van der Waals surface area contributed by atoms with Crippen molar-refractivity contribution in [3.05, 3.63) is 48.4 Å². The SMILES string of the molecule is NC(=O)C1CCN(Cc2cc3cc(Oc4nc5ncccc5s4)ccc3o2)CC1. The van der Waals surface area contributed by atoms with E-state index in [0.717, 1.165) is 53.9 Å². The number of nitrogens with zero attached hydrogens (tertiary/aromatic N) is 3. The number of fused-ring (bicyclic) bond motifs is 2. The number of rotatable bonds is 5. The van der Waals surface area contributed by atoms with E-state index in [1.54, 1.807) is 6.20 Å². The highest BCUT2D eigenvalue weighted by Crippen LogP contribution is 2.32. The van der Waals surface area contributed by atoms with E-state index in [9.17, 15) is 4.79 Å². The standard InChI is InChI=1S/C21H20N4O3S/c22-19(26)13-5-8-25(9-6-13)12-16-11-14-10-15(3-4-17(14)27-16)28-21-24-20-18(29-21)2-1-7-23-20/h1-4,7,10-11,13H,5-6,8-9,12H2,(H2,22,26). The van der Waals surface area contributed by atoms with Gasteiger partial charge in [0, 0.05) is 17.5 Å². The highest BCUT2D eigenvalue weighted by molar-refractivity contribution is 7.20. The highest BCUT2D eigenvalue weighted by atomic mass is 32.1. The van der Waals surface area contributed by atoms with Crippen LogP contribution in [0.3, 0.4) is 0 Å². The molecule has 4 aromatic rings. The predicted octanol–water partition coefficient (Wildman–Crippen LogP) is 3.93. The van der Waals surface area contributed by atoms with E-state index in [2.05, 4.69) is 14.9 Å². The van der Waals surface area contributed by atoms with Gasteiger partial charge >= 0.3 is 0 Å². The largest absolute Gasteiger partial charge is 0.460 e. The summed E-state index contributed by atoms with van der Waals surface area (Å²) in [5.74, 6) is 1.43. The lowest BCUT2D eigenvalue weighted by molar-refractivity contribution is -0.123. The van der Waals surface area contributed by atoms with E-state index in [0.29, 0.717) is 16.6 Å². The van der Waals surface area contributed by atoms with Crippen molar-refractivity contribution in [1.29, 1.82) is 0 Å². The molecule has 29 heavy (non-hydrogen) atoms. The van der Waals surface area contributed by atoms with Crippen LogP contribution in [0.1, 0.15) is 18.6 Å². The molecule has 0 bridgehead atoms. The third kappa shape index (κ3) is 3.81. The van der Waals surface area contributed by atoms with Crippen molar-refractivity contribution in [2.24, 2.45) is 11.7 Å². The fourth-order valence-electron chi connectivity index (χ4n) is 3.71. The summed E-state index contributed by atoms with van der Waals surface area (Å²) in [6.45, 7) is 2.43. The van der Waals surface area contributed by atoms with Crippen molar-refractivity contribution < 1.29 is 13.9 Å². The van der Waals surface area contributed by atoms with Crippen molar-refractivity contribution in [3.8, 4) is 10.9 Å². The summed E-state index contributed by atoms with van der Waals surface area (Å²) in [4.78, 5) is 22.3. The number of piperidine rings is 1. The Labute approximate surface area is 171 Å². The van der Waals surface area contributed by atoms with Gasteiger partial charge in [0.25, 0.3) is 5.19 Å². The molecule has 5 rings (SSSR count). The molecule has 1 fully saturated rings. The highest BCUT2D eigenvalue weighted by Gasteiger charge is 2.23. The fraction of sp³-hybridized carbons (Fsp3) is 0.286. The number of likely N-dealkylation sites (tertiary alicyclic amines) is 1. The number of primary amides is 1. The maximum absolute atomic E-state index is 11.3. The van der Waals surface area contributed by atoms with Gasteiger partial charge in [-0.3, -0.25) is 9.69 Å². The Bertz CT molecular complexity index is 1140. The lowest BCUT2D eigenvalue weighted by atomic mass is 9.96. The second-order valence-electron chi connectivity index (χ2n) is 7.27. The lowest BCUT2D eigenvalue weighted by Gasteiger charge is -2.29. The monoisotopic (exact) mass is 408 g/mol. The average Bonchev–Trinajstić information content (AvgIpc) is 3.30. The molecule has 2 N–H and O–H groups in total. The molecule has 0 aliphatic carbocycles. The summed E-state index contributed by atoms with van der Waals surface area (Å²) < 4.78 is 12.9. The molecule has 1 saturated heterocycles. The van der Waals surface area contributed by atoms with Gasteiger partial charge in [-0.2, -0.15) is 4.98 Å². The van der Waals surface area contributed by atoms with Crippen LogP contribution < -0.4 is 10.5 Å². The molecule has 0 atom stereocenters. The molecule has 0 spiro atoms. The molecule has 7 nitrogen and oxygen atoms in total. The van der Waals surface area contributed by atoms with E-state index in [1.807, 2.05) is 36.4 Å². The minimum absolute atomic E-state index is 0.000611. The number of carbonyl (C=O) groups is 1. The fourth-order valence-corrected chi connectivity index (χ4v) is 4.50. The van der Waals surface area contributed by atoms with Crippen LogP contribution in [0.15, 0.2) is 47.0 Å². The van der Waals surface area contributed by atoms with Gasteiger partial charge < -0.3 is 14.9 Å². The Kier molecular flexibility index (Phi) is 4.65. The number of pyridine rings is 1. The van der Waals surface area contributed by atoms with Gasteiger partial charge in [0.1, 0.15) is 17.1 Å². The van der Waals surface area contributed by atoms with Crippen LogP contribution in [-0.4, -0.2) is 33.9 Å². The molecular weight excluding hydrogens is 388 g/mol. The number of carbonyl (C=O) groups excluding carboxylic acids is 1. The number of thiazole rings is 1. The minimum atomic E-state index is -0.190. The van der Waals surface area contributed by atoms with E-state index in [4.69, 9.17) is 14.9 Å². The van der Waals surface area contributed by atoms with Crippen LogP contribution >= 0.6 is 11.3 Å². The van der Waals surface area contributed by atoms with Crippen LogP contribution in [-0.2, 0) is 11.3 Å². The topological polar surface area (TPSA) is 94.5 Å². The van der Waals surface area contributed by atoms with Crippen molar-refractivity contribution in [2.45, 2.75) is 19.4 Å². The summed E-state index contributed by atoms with van der Waals surface area (Å²) in [6.07, 6.45) is 3.34. The summed E-state index contributed by atoms with van der Waals surface area (Å²) in [5, 5.41) is 1.56. The zero-order valence-corrected chi connectivity index (χ0v) is 16.5. The molecule has 0 saturated carbocycles. The van der Waals surface area contributed by atoms with E-state index in [-0.39, 0.29) is 11.8 Å². The third-order valence-electron chi connectivity index (χ3n) is 5.26. The maximum Gasteiger partial charge on any atom is 0.281 e. The zero-order valence-electron chi connectivity index (χ0n) is 15.7. The molecule has 3 aromatic heterocycles. The van der Waals surface area contributed by atoms with E-state index in [1.165, 1.54) is 11.3 Å². The maximum atomic E-state index is 11.3. The smallest absolute Gasteiger partial charge is 0.281 e. The second-order valence-corrected chi connectivity index (χ2v) is 8.27. The molecule has 1 amide bonds. The van der Waals surface area contributed by atoms with Crippen molar-refractivity contribution in [3.63, 3.8) is 0 Å². The summed E-state index contributed by atoms with van der Waals surface area (Å²) >= 11 is 1.47. The second kappa shape index (κ2) is 7.46. The first-order valence-electron chi connectivity index (χ1n) is 9.57. The number of aromatic nitrogens is 2. The summed E-state index contributed by atoms with van der Waals surface area (Å²) in [6, 6.07) is 11.7. The molecule has 0 radical (unpaired) electrons. The predicted molar refractivity (Wildman–Crippen MR) is 111 cm³/mol. The first-order valence-corrected chi connectivity index (χ1v) is 10.4. The number of hydrogen-bond acceptors (Lipinski definition) is 7. The van der Waals surface area contributed by atoms with Crippen molar-refractivity contribution in [2.75, 3.05) is 13.1 Å². The number of hydrogen-bond donors (Lipinski definition) is 1. The zero-order chi connectivity index (χ0) is 19.8. The van der Waals surface area contributed by atoms with Crippen molar-refractivity contribution in [1.82, 2.24) is 14.9 Å². The molecule has 148 valence electrons. The van der Waals surface area contributed by atoms with Gasteiger partial charge in [0.15, 0.2) is 5.65 Å². The molecule has 0 unspecified atom stereocenters. The molecule has 4 heterocycles. The molecule has 1 aromatic carbocycles. The average molecular weight is 408 g/mol. The molecule has 1 aliphatic rings. The first kappa shape index (κ1) is 18.1. The van der Waals surface area contributed by atoms with Crippen LogP contribution in [0.2, 0.25) is 0 Å². The van der Waals surface area contributed by atoms with E-state index < -0.39 is 0 Å². The van der Waals surface area contributed by atoms with E-state index >= 15 is 0 Å². The summed E-state index contributed by atoms with van der Waals surface area (Å²) in [7, 11) is 0. The third-order valence-corrected chi connectivity index (χ3v) is 6.15.